The van der Waals surface area contributed by atoms with E-state index >= 15 is 0 Å². The van der Waals surface area contributed by atoms with Gasteiger partial charge in [0.1, 0.15) is 23.8 Å². The number of ether oxygens (including phenoxy) is 2. The quantitative estimate of drug-likeness (QED) is 0.464. The largest absolute Gasteiger partial charge is 0.573 e. The maximum absolute atomic E-state index is 12.3. The molecular formula is C24H18F3NO5. The van der Waals surface area contributed by atoms with Gasteiger partial charge in [0, 0.05) is 5.56 Å². The van der Waals surface area contributed by atoms with Crippen LogP contribution >= 0.6 is 0 Å². The molecule has 3 aromatic rings. The molecule has 170 valence electrons. The second-order valence-electron chi connectivity index (χ2n) is 6.74. The molecule has 0 aliphatic rings. The average molecular weight is 457 g/mol. The molecule has 33 heavy (non-hydrogen) atoms. The molecule has 6 nitrogen and oxygen atoms in total. The van der Waals surface area contributed by atoms with Gasteiger partial charge in [-0.15, -0.1) is 13.2 Å². The van der Waals surface area contributed by atoms with E-state index < -0.39 is 18.2 Å². The Balaban J connectivity index is 1.64. The lowest BCUT2D eigenvalue weighted by Crippen LogP contribution is -2.27. The monoisotopic (exact) mass is 457 g/mol. The van der Waals surface area contributed by atoms with Crippen molar-refractivity contribution in [2.75, 3.05) is 0 Å². The van der Waals surface area contributed by atoms with Crippen molar-refractivity contribution in [3.63, 3.8) is 0 Å². The number of rotatable bonds is 8. The predicted molar refractivity (Wildman–Crippen MR) is 113 cm³/mol. The number of carboxylic acid groups (broad SMARTS) is 1. The number of hydrogen-bond acceptors (Lipinski definition) is 4. The second-order valence-corrected chi connectivity index (χ2v) is 6.74. The molecule has 0 saturated carbocycles. The summed E-state index contributed by atoms with van der Waals surface area (Å²) >= 11 is 0. The number of carbonyl (C=O) groups is 2. The lowest BCUT2D eigenvalue weighted by atomic mass is 10.1. The first-order chi connectivity index (χ1) is 15.7. The van der Waals surface area contributed by atoms with E-state index in [4.69, 9.17) is 4.74 Å². The Morgan fingerprint density at radius 1 is 0.909 bits per heavy atom. The Morgan fingerprint density at radius 3 is 2.24 bits per heavy atom. The Morgan fingerprint density at radius 2 is 1.61 bits per heavy atom. The summed E-state index contributed by atoms with van der Waals surface area (Å²) in [5.41, 5.74) is 0.975. The number of amides is 1. The van der Waals surface area contributed by atoms with Gasteiger partial charge in [-0.25, -0.2) is 4.79 Å². The minimum atomic E-state index is -4.78. The Bertz CT molecular complexity index is 1140. The van der Waals surface area contributed by atoms with Crippen LogP contribution in [0.4, 0.5) is 13.2 Å². The lowest BCUT2D eigenvalue weighted by molar-refractivity contribution is -0.274. The molecule has 0 aromatic heterocycles. The van der Waals surface area contributed by atoms with Gasteiger partial charge in [0.05, 0.1) is 0 Å². The smallest absolute Gasteiger partial charge is 0.489 e. The first-order valence-electron chi connectivity index (χ1n) is 9.58. The number of hydrogen-bond donors (Lipinski definition) is 2. The molecule has 0 bridgehead atoms. The Hall–Kier alpha value is -4.27. The lowest BCUT2D eigenvalue weighted by Gasteiger charge is -2.11. The number of nitrogens with one attached hydrogen (secondary N) is 1. The van der Waals surface area contributed by atoms with Gasteiger partial charge in [-0.1, -0.05) is 42.5 Å². The molecule has 0 radical (unpaired) electrons. The third-order valence-electron chi connectivity index (χ3n) is 4.24. The fourth-order valence-electron chi connectivity index (χ4n) is 2.76. The summed E-state index contributed by atoms with van der Waals surface area (Å²) in [5.74, 6) is -1.79. The van der Waals surface area contributed by atoms with Gasteiger partial charge in [-0.2, -0.15) is 0 Å². The zero-order valence-corrected chi connectivity index (χ0v) is 17.0. The van der Waals surface area contributed by atoms with Gasteiger partial charge >= 0.3 is 12.3 Å². The molecule has 0 aliphatic heterocycles. The zero-order chi connectivity index (χ0) is 23.8. The van der Waals surface area contributed by atoms with E-state index in [2.05, 4.69) is 10.1 Å². The van der Waals surface area contributed by atoms with Crippen molar-refractivity contribution in [2.45, 2.75) is 13.0 Å². The number of aliphatic carboxylic acids is 1. The van der Waals surface area contributed by atoms with Crippen LogP contribution < -0.4 is 14.8 Å². The average Bonchev–Trinajstić information content (AvgIpc) is 2.77. The zero-order valence-electron chi connectivity index (χ0n) is 17.0. The highest BCUT2D eigenvalue weighted by molar-refractivity contribution is 6.02. The van der Waals surface area contributed by atoms with Crippen LogP contribution in [0.15, 0.2) is 84.6 Å². The molecule has 0 saturated heterocycles. The van der Waals surface area contributed by atoms with Crippen LogP contribution in [0.1, 0.15) is 21.5 Å². The van der Waals surface area contributed by atoms with Crippen LogP contribution in [-0.2, 0) is 11.4 Å². The van der Waals surface area contributed by atoms with E-state index in [9.17, 15) is 27.9 Å². The van der Waals surface area contributed by atoms with Crippen LogP contribution in [0.2, 0.25) is 0 Å². The van der Waals surface area contributed by atoms with Crippen molar-refractivity contribution in [2.24, 2.45) is 0 Å². The summed E-state index contributed by atoms with van der Waals surface area (Å²) in [6.07, 6.45) is -3.48. The van der Waals surface area contributed by atoms with E-state index in [1.807, 2.05) is 0 Å². The third kappa shape index (κ3) is 7.42. The maximum Gasteiger partial charge on any atom is 0.573 e. The van der Waals surface area contributed by atoms with Crippen LogP contribution in [0.5, 0.6) is 11.5 Å². The summed E-state index contributed by atoms with van der Waals surface area (Å²) in [6.45, 7) is -0.00223. The minimum absolute atomic E-state index is 0.00223. The van der Waals surface area contributed by atoms with Gasteiger partial charge in [0.15, 0.2) is 0 Å². The van der Waals surface area contributed by atoms with Crippen LogP contribution in [-0.4, -0.2) is 23.3 Å². The van der Waals surface area contributed by atoms with Gasteiger partial charge < -0.3 is 19.9 Å². The second kappa shape index (κ2) is 10.4. The highest BCUT2D eigenvalue weighted by Gasteiger charge is 2.31. The summed E-state index contributed by atoms with van der Waals surface area (Å²) in [6, 6.07) is 19.9. The number of alkyl halides is 3. The van der Waals surface area contributed by atoms with Gasteiger partial charge in [0.25, 0.3) is 5.91 Å². The number of carbonyl (C=O) groups excluding carboxylic acids is 1. The summed E-state index contributed by atoms with van der Waals surface area (Å²) in [7, 11) is 0. The van der Waals surface area contributed by atoms with Crippen molar-refractivity contribution < 1.29 is 37.3 Å². The third-order valence-corrected chi connectivity index (χ3v) is 4.24. The van der Waals surface area contributed by atoms with E-state index in [0.717, 1.165) is 0 Å². The number of carboxylic acids is 1. The predicted octanol–water partition coefficient (Wildman–Crippen LogP) is 5.02. The van der Waals surface area contributed by atoms with Crippen molar-refractivity contribution in [1.82, 2.24) is 5.32 Å². The molecule has 0 fully saturated rings. The molecule has 0 aliphatic carbocycles. The Labute approximate surface area is 186 Å². The molecule has 9 heteroatoms. The van der Waals surface area contributed by atoms with Gasteiger partial charge in [-0.05, 0) is 53.6 Å². The molecule has 1 amide bonds. The summed E-state index contributed by atoms with van der Waals surface area (Å²) in [5, 5.41) is 11.8. The van der Waals surface area contributed by atoms with Gasteiger partial charge in [-0.3, -0.25) is 4.79 Å². The number of benzene rings is 3. The van der Waals surface area contributed by atoms with E-state index in [1.54, 1.807) is 60.7 Å². The molecule has 3 rings (SSSR count). The van der Waals surface area contributed by atoms with E-state index in [0.29, 0.717) is 22.4 Å². The van der Waals surface area contributed by atoms with Gasteiger partial charge in [0.2, 0.25) is 0 Å². The normalized spacial score (nSPS) is 11.5. The van der Waals surface area contributed by atoms with Crippen LogP contribution in [0, 0.1) is 0 Å². The molecule has 0 atom stereocenters. The van der Waals surface area contributed by atoms with Crippen molar-refractivity contribution >= 4 is 18.0 Å². The Kier molecular flexibility index (Phi) is 7.34. The van der Waals surface area contributed by atoms with E-state index in [-0.39, 0.29) is 18.1 Å². The van der Waals surface area contributed by atoms with Crippen molar-refractivity contribution in [1.29, 1.82) is 0 Å². The first kappa shape index (κ1) is 23.4. The van der Waals surface area contributed by atoms with Crippen molar-refractivity contribution in [3.05, 3.63) is 101 Å². The standard InChI is InChI=1S/C24H18F3NO5/c25-24(26,27)33-20-8-4-5-17(13-20)15-32-19-11-9-16(10-12-19)14-21(23(30)31)28-22(29)18-6-2-1-3-7-18/h1-14H,15H2,(H,28,29)(H,30,31). The summed E-state index contributed by atoms with van der Waals surface area (Å²) < 4.78 is 46.5. The molecular weight excluding hydrogens is 439 g/mol. The number of halogens is 3. The van der Waals surface area contributed by atoms with Crippen LogP contribution in [0.25, 0.3) is 6.08 Å². The SMILES string of the molecule is O=C(O)C(=Cc1ccc(OCc2cccc(OC(F)(F)F)c2)cc1)NC(=O)c1ccccc1. The minimum Gasteiger partial charge on any atom is -0.489 e. The highest BCUT2D eigenvalue weighted by Crippen LogP contribution is 2.24. The van der Waals surface area contributed by atoms with Crippen molar-refractivity contribution in [3.8, 4) is 11.5 Å². The molecule has 0 spiro atoms. The molecule has 3 aromatic carbocycles. The molecule has 0 unspecified atom stereocenters. The van der Waals surface area contributed by atoms with E-state index in [1.165, 1.54) is 24.3 Å². The molecule has 2 N–H and O–H groups in total. The van der Waals surface area contributed by atoms with Crippen LogP contribution in [0.3, 0.4) is 0 Å². The molecule has 0 heterocycles. The summed E-state index contributed by atoms with van der Waals surface area (Å²) in [4.78, 5) is 23.7. The first-order valence-corrected chi connectivity index (χ1v) is 9.58. The fraction of sp³-hybridized carbons (Fsp3) is 0.0833. The highest BCUT2D eigenvalue weighted by atomic mass is 19.4. The topological polar surface area (TPSA) is 84.9 Å². The fourth-order valence-corrected chi connectivity index (χ4v) is 2.76. The maximum atomic E-state index is 12.3.